The van der Waals surface area contributed by atoms with E-state index >= 15 is 0 Å². The third-order valence-corrected chi connectivity index (χ3v) is 4.71. The molecule has 144 valence electrons. The largest absolute Gasteiger partial charge is 0.490 e. The van der Waals surface area contributed by atoms with Crippen molar-refractivity contribution in [2.24, 2.45) is 0 Å². The number of ether oxygens (including phenoxy) is 3. The van der Waals surface area contributed by atoms with Gasteiger partial charge in [-0.15, -0.1) is 0 Å². The van der Waals surface area contributed by atoms with Crippen LogP contribution >= 0.6 is 0 Å². The molecule has 1 fully saturated rings. The van der Waals surface area contributed by atoms with E-state index in [1.807, 2.05) is 31.2 Å². The van der Waals surface area contributed by atoms with Crippen LogP contribution < -0.4 is 15.2 Å². The first-order chi connectivity index (χ1) is 13.1. The molecule has 5 heteroatoms. The van der Waals surface area contributed by atoms with E-state index < -0.39 is 0 Å². The van der Waals surface area contributed by atoms with Gasteiger partial charge in [-0.1, -0.05) is 24.1 Å². The van der Waals surface area contributed by atoms with Crippen molar-refractivity contribution < 1.29 is 19.0 Å². The Labute approximate surface area is 160 Å². The molecule has 0 radical (unpaired) electrons. The molecule has 0 atom stereocenters. The van der Waals surface area contributed by atoms with Crippen LogP contribution in [-0.2, 0) is 4.74 Å². The summed E-state index contributed by atoms with van der Waals surface area (Å²) in [7, 11) is 0. The zero-order valence-corrected chi connectivity index (χ0v) is 15.8. The van der Waals surface area contributed by atoms with E-state index in [-0.39, 0.29) is 12.1 Å². The van der Waals surface area contributed by atoms with Crippen LogP contribution in [0.2, 0.25) is 0 Å². The summed E-state index contributed by atoms with van der Waals surface area (Å²) in [5.41, 5.74) is 8.10. The molecule has 2 aromatic carbocycles. The van der Waals surface area contributed by atoms with Crippen LogP contribution in [0.1, 0.15) is 48.0 Å². The molecular formula is C22H27NO4. The molecule has 0 saturated heterocycles. The molecular weight excluding hydrogens is 342 g/mol. The third kappa shape index (κ3) is 5.64. The van der Waals surface area contributed by atoms with Crippen molar-refractivity contribution in [3.05, 3.63) is 53.6 Å². The number of esters is 1. The lowest BCUT2D eigenvalue weighted by atomic mass is 9.98. The molecule has 0 bridgehead atoms. The lowest BCUT2D eigenvalue weighted by Gasteiger charge is -2.22. The fourth-order valence-electron chi connectivity index (χ4n) is 3.13. The number of carbonyl (C=O) groups is 1. The van der Waals surface area contributed by atoms with Crippen LogP contribution in [0.5, 0.6) is 11.5 Å². The quantitative estimate of drug-likeness (QED) is 0.441. The molecule has 0 unspecified atom stereocenters. The number of carbonyl (C=O) groups excluding carboxylic acids is 1. The highest BCUT2D eigenvalue weighted by molar-refractivity contribution is 5.90. The number of nitrogens with two attached hydrogens (primary N) is 1. The van der Waals surface area contributed by atoms with Gasteiger partial charge in [0.05, 0.1) is 11.3 Å². The first kappa shape index (κ1) is 19.1. The highest BCUT2D eigenvalue weighted by Crippen LogP contribution is 2.25. The number of hydrogen-bond donors (Lipinski definition) is 1. The SMILES string of the molecule is Cc1ccc(OCCOc2cc(C(=O)OC3CCCCC3)ccc2N)cc1. The minimum absolute atomic E-state index is 0.0241. The van der Waals surface area contributed by atoms with E-state index in [1.54, 1.807) is 18.2 Å². The van der Waals surface area contributed by atoms with Gasteiger partial charge in [0.25, 0.3) is 0 Å². The molecule has 0 amide bonds. The lowest BCUT2D eigenvalue weighted by molar-refractivity contribution is 0.0211. The van der Waals surface area contributed by atoms with Gasteiger partial charge in [-0.25, -0.2) is 4.79 Å². The van der Waals surface area contributed by atoms with Gasteiger partial charge in [0.2, 0.25) is 0 Å². The number of hydrogen-bond acceptors (Lipinski definition) is 5. The number of rotatable bonds is 7. The smallest absolute Gasteiger partial charge is 0.338 e. The summed E-state index contributed by atoms with van der Waals surface area (Å²) in [4.78, 5) is 12.4. The molecule has 27 heavy (non-hydrogen) atoms. The molecule has 2 N–H and O–H groups in total. The third-order valence-electron chi connectivity index (χ3n) is 4.71. The maximum absolute atomic E-state index is 12.4. The summed E-state index contributed by atoms with van der Waals surface area (Å²) in [6, 6.07) is 12.8. The molecule has 2 aromatic rings. The van der Waals surface area contributed by atoms with Crippen LogP contribution in [0, 0.1) is 6.92 Å². The van der Waals surface area contributed by atoms with Crippen LogP contribution in [0.4, 0.5) is 5.69 Å². The fourth-order valence-corrected chi connectivity index (χ4v) is 3.13. The second kappa shape index (κ2) is 9.31. The number of anilines is 1. The standard InChI is InChI=1S/C22H27NO4/c1-16-7-10-18(11-8-16)25-13-14-26-21-15-17(9-12-20(21)23)22(24)27-19-5-3-2-4-6-19/h7-12,15,19H,2-6,13-14,23H2,1H3. The molecule has 0 spiro atoms. The Kier molecular flexibility index (Phi) is 6.58. The zero-order chi connectivity index (χ0) is 19.1. The Morgan fingerprint density at radius 2 is 1.70 bits per heavy atom. The van der Waals surface area contributed by atoms with Crippen molar-refractivity contribution in [3.63, 3.8) is 0 Å². The van der Waals surface area contributed by atoms with Crippen LogP contribution in [-0.4, -0.2) is 25.3 Å². The first-order valence-electron chi connectivity index (χ1n) is 9.54. The Morgan fingerprint density at radius 1 is 1.00 bits per heavy atom. The normalized spacial score (nSPS) is 14.6. The summed E-state index contributed by atoms with van der Waals surface area (Å²) < 4.78 is 17.0. The number of nitrogen functional groups attached to an aromatic ring is 1. The van der Waals surface area contributed by atoms with Gasteiger partial charge in [0.1, 0.15) is 30.8 Å². The second-order valence-electron chi connectivity index (χ2n) is 6.93. The van der Waals surface area contributed by atoms with Crippen molar-refractivity contribution in [3.8, 4) is 11.5 Å². The predicted octanol–water partition coefficient (Wildman–Crippen LogP) is 4.52. The lowest BCUT2D eigenvalue weighted by Crippen LogP contribution is -2.21. The van der Waals surface area contributed by atoms with Crippen molar-refractivity contribution >= 4 is 11.7 Å². The highest BCUT2D eigenvalue weighted by Gasteiger charge is 2.19. The minimum Gasteiger partial charge on any atom is -0.490 e. The van der Waals surface area contributed by atoms with Crippen LogP contribution in [0.3, 0.4) is 0 Å². The second-order valence-corrected chi connectivity index (χ2v) is 6.93. The van der Waals surface area contributed by atoms with Crippen molar-refractivity contribution in [1.29, 1.82) is 0 Å². The molecule has 3 rings (SSSR count). The molecule has 1 aliphatic rings. The number of benzene rings is 2. The van der Waals surface area contributed by atoms with E-state index in [9.17, 15) is 4.79 Å². The van der Waals surface area contributed by atoms with E-state index in [0.29, 0.717) is 30.2 Å². The van der Waals surface area contributed by atoms with Crippen LogP contribution in [0.25, 0.3) is 0 Å². The molecule has 1 saturated carbocycles. The maximum Gasteiger partial charge on any atom is 0.338 e. The number of aryl methyl sites for hydroxylation is 1. The Balaban J connectivity index is 1.51. The maximum atomic E-state index is 12.4. The molecule has 5 nitrogen and oxygen atoms in total. The van der Waals surface area contributed by atoms with Gasteiger partial charge < -0.3 is 19.9 Å². The highest BCUT2D eigenvalue weighted by atomic mass is 16.5. The Morgan fingerprint density at radius 3 is 2.44 bits per heavy atom. The minimum atomic E-state index is -0.317. The molecule has 0 aromatic heterocycles. The first-order valence-corrected chi connectivity index (χ1v) is 9.54. The topological polar surface area (TPSA) is 70.8 Å². The van der Waals surface area contributed by atoms with E-state index in [0.717, 1.165) is 31.4 Å². The van der Waals surface area contributed by atoms with Crippen molar-refractivity contribution in [2.75, 3.05) is 18.9 Å². The molecule has 0 aliphatic heterocycles. The van der Waals surface area contributed by atoms with Gasteiger partial charge in [-0.05, 0) is 62.9 Å². The monoisotopic (exact) mass is 369 g/mol. The summed E-state index contributed by atoms with van der Waals surface area (Å²) in [5, 5.41) is 0. The Bertz CT molecular complexity index is 751. The molecule has 1 aliphatic carbocycles. The molecule has 0 heterocycles. The summed E-state index contributed by atoms with van der Waals surface area (Å²) in [5.74, 6) is 0.949. The van der Waals surface area contributed by atoms with Crippen molar-refractivity contribution in [2.45, 2.75) is 45.1 Å². The van der Waals surface area contributed by atoms with Gasteiger partial charge in [-0.2, -0.15) is 0 Å². The summed E-state index contributed by atoms with van der Waals surface area (Å²) in [6.45, 7) is 2.75. The van der Waals surface area contributed by atoms with Crippen LogP contribution in [0.15, 0.2) is 42.5 Å². The predicted molar refractivity (Wildman–Crippen MR) is 105 cm³/mol. The average Bonchev–Trinajstić information content (AvgIpc) is 2.68. The van der Waals surface area contributed by atoms with E-state index in [4.69, 9.17) is 19.9 Å². The zero-order valence-electron chi connectivity index (χ0n) is 15.8. The summed E-state index contributed by atoms with van der Waals surface area (Å²) in [6.07, 6.45) is 5.37. The van der Waals surface area contributed by atoms with E-state index in [1.165, 1.54) is 12.0 Å². The van der Waals surface area contributed by atoms with Gasteiger partial charge in [0, 0.05) is 0 Å². The van der Waals surface area contributed by atoms with Gasteiger partial charge in [-0.3, -0.25) is 0 Å². The van der Waals surface area contributed by atoms with Gasteiger partial charge >= 0.3 is 5.97 Å². The fraction of sp³-hybridized carbons (Fsp3) is 0.409. The van der Waals surface area contributed by atoms with Crippen molar-refractivity contribution in [1.82, 2.24) is 0 Å². The average molecular weight is 369 g/mol. The van der Waals surface area contributed by atoms with E-state index in [2.05, 4.69) is 0 Å². The van der Waals surface area contributed by atoms with Gasteiger partial charge in [0.15, 0.2) is 0 Å². The summed E-state index contributed by atoms with van der Waals surface area (Å²) >= 11 is 0. The Hall–Kier alpha value is -2.69.